The van der Waals surface area contributed by atoms with Crippen molar-refractivity contribution >= 4 is 96.5 Å². The van der Waals surface area contributed by atoms with E-state index in [0.717, 1.165) is 139 Å². The Morgan fingerprint density at radius 2 is 0.740 bits per heavy atom. The van der Waals surface area contributed by atoms with Gasteiger partial charge in [-0.1, -0.05) is 194 Å². The van der Waals surface area contributed by atoms with Crippen molar-refractivity contribution in [2.45, 2.75) is 31.5 Å². The lowest BCUT2D eigenvalue weighted by Gasteiger charge is -2.29. The predicted molar refractivity (Wildman–Crippen MR) is 406 cm³/mol. The Morgan fingerprint density at radius 3 is 1.51 bits per heavy atom. The van der Waals surface area contributed by atoms with Crippen LogP contribution < -0.4 is 4.90 Å². The number of hydrogen-bond acceptors (Lipinski definition) is 5. The molecule has 0 amide bonds. The molecule has 8 nitrogen and oxygen atoms in total. The van der Waals surface area contributed by atoms with E-state index in [1.807, 2.05) is 60.7 Å². The number of nitrogens with zero attached hydrogens (tertiary/aromatic N) is 4. The van der Waals surface area contributed by atoms with Gasteiger partial charge >= 0.3 is 0 Å². The van der Waals surface area contributed by atoms with Crippen LogP contribution in [0.15, 0.2) is 347 Å². The number of aromatic nitrogens is 3. The molecule has 0 spiro atoms. The summed E-state index contributed by atoms with van der Waals surface area (Å²) in [6.45, 7) is 0. The number of benzene rings is 14. The first kappa shape index (κ1) is 56.8. The third-order valence-electron chi connectivity index (χ3n) is 21.5. The summed E-state index contributed by atoms with van der Waals surface area (Å²) < 4.78 is 65.3. The van der Waals surface area contributed by atoms with Crippen LogP contribution in [-0.4, -0.2) is 36.6 Å². The molecular weight excluding hydrogens is 1270 g/mol. The predicted octanol–water partition coefficient (Wildman–Crippen LogP) is 22.0. The van der Waals surface area contributed by atoms with Crippen LogP contribution in [0.4, 0.5) is 11.4 Å². The monoisotopic (exact) mass is 1320 g/mol. The maximum absolute atomic E-state index is 15.2. The van der Waals surface area contributed by atoms with Crippen molar-refractivity contribution < 1.29 is 16.8 Å². The number of anilines is 2. The van der Waals surface area contributed by atoms with Crippen molar-refractivity contribution in [3.63, 3.8) is 0 Å². The van der Waals surface area contributed by atoms with E-state index in [2.05, 4.69) is 273 Å². The van der Waals surface area contributed by atoms with Crippen LogP contribution in [0.5, 0.6) is 0 Å². The summed E-state index contributed by atoms with van der Waals surface area (Å²) in [5.74, 6) is 0.0733. The van der Waals surface area contributed by atoms with E-state index >= 15 is 8.42 Å². The zero-order valence-electron chi connectivity index (χ0n) is 53.6. The van der Waals surface area contributed by atoms with Crippen LogP contribution in [0.3, 0.4) is 0 Å². The molecule has 0 radical (unpaired) electrons. The molecule has 0 N–H and O–H groups in total. The largest absolute Gasteiger partial charge is 0.333 e. The molecular formula is C90H56N4O4S2. The van der Waals surface area contributed by atoms with Crippen molar-refractivity contribution in [3.05, 3.63) is 333 Å². The molecule has 14 aromatic carbocycles. The highest BCUT2D eigenvalue weighted by Crippen LogP contribution is 2.54. The van der Waals surface area contributed by atoms with Crippen molar-refractivity contribution in [1.29, 1.82) is 0 Å². The second-order valence-corrected chi connectivity index (χ2v) is 30.5. The van der Waals surface area contributed by atoms with Gasteiger partial charge in [0.2, 0.25) is 19.7 Å². The zero-order chi connectivity index (χ0) is 66.3. The van der Waals surface area contributed by atoms with Gasteiger partial charge in [0.1, 0.15) is 0 Å². The fourth-order valence-electron chi connectivity index (χ4n) is 17.0. The highest BCUT2D eigenvalue weighted by Gasteiger charge is 2.40. The first-order valence-electron chi connectivity index (χ1n) is 33.8. The van der Waals surface area contributed by atoms with Crippen LogP contribution in [0, 0.1) is 0 Å². The highest BCUT2D eigenvalue weighted by molar-refractivity contribution is 7.92. The lowest BCUT2D eigenvalue weighted by atomic mass is 9.89. The smallest absolute Gasteiger partial charge is 0.207 e. The van der Waals surface area contributed by atoms with Gasteiger partial charge in [-0.3, -0.25) is 0 Å². The van der Waals surface area contributed by atoms with Gasteiger partial charge in [-0.2, -0.15) is 0 Å². The van der Waals surface area contributed by atoms with E-state index in [4.69, 9.17) is 0 Å². The van der Waals surface area contributed by atoms with E-state index in [0.29, 0.717) is 30.7 Å². The minimum Gasteiger partial charge on any atom is -0.333 e. The molecule has 3 aromatic heterocycles. The minimum atomic E-state index is -3.96. The quantitative estimate of drug-likeness (QED) is 0.151. The van der Waals surface area contributed by atoms with E-state index < -0.39 is 19.7 Å². The van der Waals surface area contributed by atoms with Crippen LogP contribution in [0.25, 0.3) is 149 Å². The van der Waals surface area contributed by atoms with Gasteiger partial charge in [-0.25, -0.2) is 16.8 Å². The molecule has 0 saturated carbocycles. The Morgan fingerprint density at radius 1 is 0.260 bits per heavy atom. The maximum Gasteiger partial charge on any atom is 0.207 e. The summed E-state index contributed by atoms with van der Waals surface area (Å²) in [7, 11) is -7.65. The highest BCUT2D eigenvalue weighted by atomic mass is 32.2. The fraction of sp³-hybridized carbons (Fsp3) is 0.0222. The molecule has 0 saturated heterocycles. The third-order valence-corrected chi connectivity index (χ3v) is 25.2. The summed E-state index contributed by atoms with van der Waals surface area (Å²) in [6, 6.07) is 105. The minimum absolute atomic E-state index is 0.00591. The Kier molecular flexibility index (Phi) is 12.0. The molecule has 10 heteroatoms. The van der Waals surface area contributed by atoms with Gasteiger partial charge in [0, 0.05) is 88.9 Å². The Balaban J connectivity index is 0.604. The van der Waals surface area contributed by atoms with Gasteiger partial charge in [-0.05, 0) is 184 Å². The van der Waals surface area contributed by atoms with Gasteiger partial charge in [0.25, 0.3) is 0 Å². The second-order valence-electron chi connectivity index (χ2n) is 26.7. The molecule has 2 atom stereocenters. The maximum atomic E-state index is 15.2. The Bertz CT molecular complexity index is 6780. The van der Waals surface area contributed by atoms with Crippen LogP contribution in [-0.2, 0) is 19.7 Å². The zero-order valence-corrected chi connectivity index (χ0v) is 55.2. The van der Waals surface area contributed by atoms with Gasteiger partial charge in [0.15, 0.2) is 0 Å². The van der Waals surface area contributed by atoms with E-state index in [1.165, 1.54) is 16.3 Å². The summed E-state index contributed by atoms with van der Waals surface area (Å²) in [6.07, 6.45) is 8.78. The number of allylic oxidation sites excluding steroid dienone is 2. The topological polar surface area (TPSA) is 86.3 Å². The number of hydrogen-bond donors (Lipinski definition) is 0. The average molecular weight is 1320 g/mol. The molecule has 4 aliphatic rings. The molecule has 17 aromatic rings. The van der Waals surface area contributed by atoms with Gasteiger partial charge in [-0.15, -0.1) is 0 Å². The van der Waals surface area contributed by atoms with Crippen LogP contribution >= 0.6 is 0 Å². The SMILES string of the molecule is O=S1(=O)c2ccc(-c3ccccc3)cc2-c2cc(N3c4ccc(-c5ccc6c(c5)c5ccccc5n6-c5cccc(-c6ccc7c(c6)S(=O)(=O)c6cc(-n8c9ccccc9c9c(-c%10ccc%11c(c%10)c%10ccccc%10n%11-c%10ccccc%10)cccc98)ccc6-7)c5)cc4C4C=CC=CC43)ccc21. The molecule has 472 valence electrons. The number of rotatable bonds is 8. The molecule has 21 rings (SSSR count). The number of fused-ring (bicyclic) bond motifs is 18. The van der Waals surface area contributed by atoms with E-state index in [1.54, 1.807) is 12.1 Å². The van der Waals surface area contributed by atoms with Crippen molar-refractivity contribution in [3.8, 4) is 83.8 Å². The standard InChI is InChI=1S/C90H56N4O4S2/c95-99(96)86-45-37-57(55-17-3-1-4-18-55)50-76(86)77-53-64(39-46-87(77)99)93-80-30-13-9-24-68(80)74-49-59(35-43-84(74)93)58-34-42-83-73(48-58)67-23-8-12-29-79(67)92(83)63-22-15-19-56(47-63)60-33-40-70-71-41-38-65(54-89(71)100(97,98)88(70)52-60)94-81-31-14-10-26-72(81)90-66(27-16-32-85(90)94)61-36-44-82-75(51-61)69-25-7-11-28-78(69)91(82)62-20-5-2-6-21-62/h1-54,68,80H. The van der Waals surface area contributed by atoms with E-state index in [9.17, 15) is 8.42 Å². The number of sulfone groups is 2. The Hall–Kier alpha value is -12.3. The summed E-state index contributed by atoms with van der Waals surface area (Å²) >= 11 is 0. The lowest BCUT2D eigenvalue weighted by Crippen LogP contribution is -2.28. The van der Waals surface area contributed by atoms with Gasteiger partial charge < -0.3 is 18.6 Å². The molecule has 0 bridgehead atoms. The summed E-state index contributed by atoms with van der Waals surface area (Å²) in [5, 5.41) is 6.79. The third kappa shape index (κ3) is 8.14. The Labute approximate surface area is 576 Å². The average Bonchev–Trinajstić information content (AvgIpc) is 1.57. The first-order valence-corrected chi connectivity index (χ1v) is 36.7. The molecule has 2 unspecified atom stereocenters. The first-order chi connectivity index (χ1) is 49.1. The molecule has 0 fully saturated rings. The van der Waals surface area contributed by atoms with Gasteiger partial charge in [0.05, 0.1) is 58.7 Å². The van der Waals surface area contributed by atoms with Crippen molar-refractivity contribution in [1.82, 2.24) is 13.7 Å². The fourth-order valence-corrected chi connectivity index (χ4v) is 20.4. The van der Waals surface area contributed by atoms with Crippen molar-refractivity contribution in [2.75, 3.05) is 4.90 Å². The van der Waals surface area contributed by atoms with Crippen molar-refractivity contribution in [2.24, 2.45) is 0 Å². The molecule has 3 aliphatic heterocycles. The normalized spacial score (nSPS) is 15.8. The molecule has 6 heterocycles. The van der Waals surface area contributed by atoms with E-state index in [-0.39, 0.29) is 12.0 Å². The van der Waals surface area contributed by atoms with Crippen LogP contribution in [0.1, 0.15) is 11.5 Å². The second kappa shape index (κ2) is 21.1. The summed E-state index contributed by atoms with van der Waals surface area (Å²) in [5.41, 5.74) is 23.5. The summed E-state index contributed by atoms with van der Waals surface area (Å²) in [4.78, 5) is 3.65. The molecule has 1 aliphatic carbocycles. The lowest BCUT2D eigenvalue weighted by molar-refractivity contribution is 0.597. The van der Waals surface area contributed by atoms with Crippen LogP contribution in [0.2, 0.25) is 0 Å². The molecule has 100 heavy (non-hydrogen) atoms. The number of para-hydroxylation sites is 4.